The second kappa shape index (κ2) is 18.9. The van der Waals surface area contributed by atoms with Gasteiger partial charge in [-0.25, -0.2) is 0 Å². The van der Waals surface area contributed by atoms with E-state index in [0.29, 0.717) is 0 Å². The standard InChI is InChI=1S/C26H43IO3/c1-2-3-4-5-6-7-8-9-10-11-12-13-14-15-16-17-19-23-20-18-21-24(22-25(28)29)26(23)27-30/h18,20-21H,2-17,19,22H2,1H3,(H,28,29). The summed E-state index contributed by atoms with van der Waals surface area (Å²) in [5.41, 5.74) is 1.83. The van der Waals surface area contributed by atoms with Gasteiger partial charge in [0, 0.05) is 0 Å². The molecule has 0 aliphatic carbocycles. The summed E-state index contributed by atoms with van der Waals surface area (Å²) in [6, 6.07) is 5.73. The summed E-state index contributed by atoms with van der Waals surface area (Å²) in [6.45, 7) is 2.28. The van der Waals surface area contributed by atoms with Crippen molar-refractivity contribution in [1.29, 1.82) is 0 Å². The van der Waals surface area contributed by atoms with Crippen molar-refractivity contribution in [3.63, 3.8) is 0 Å². The van der Waals surface area contributed by atoms with E-state index in [9.17, 15) is 7.86 Å². The Morgan fingerprint density at radius 3 is 1.60 bits per heavy atom. The number of hydrogen-bond donors (Lipinski definition) is 1. The van der Waals surface area contributed by atoms with Crippen molar-refractivity contribution in [1.82, 2.24) is 0 Å². The van der Waals surface area contributed by atoms with Crippen LogP contribution in [0.25, 0.3) is 0 Å². The number of hydrogen-bond acceptors (Lipinski definition) is 2. The summed E-state index contributed by atoms with van der Waals surface area (Å²) in [4.78, 5) is 11.0. The summed E-state index contributed by atoms with van der Waals surface area (Å²) < 4.78 is 12.5. The van der Waals surface area contributed by atoms with E-state index in [1.807, 2.05) is 12.1 Å². The molecular formula is C26H43IO3. The van der Waals surface area contributed by atoms with Crippen molar-refractivity contribution in [3.8, 4) is 0 Å². The smallest absolute Gasteiger partial charge is 0.307 e. The molecule has 0 unspecified atom stereocenters. The maximum atomic E-state index is 11.6. The quantitative estimate of drug-likeness (QED) is 0.136. The third-order valence-corrected chi connectivity index (χ3v) is 7.70. The van der Waals surface area contributed by atoms with Crippen LogP contribution in [0.1, 0.15) is 121 Å². The predicted octanol–water partition coefficient (Wildman–Crippen LogP) is 8.60. The summed E-state index contributed by atoms with van der Waals surface area (Å²) in [5, 5.41) is 9.01. The molecule has 1 aromatic rings. The SMILES string of the molecule is CCCCCCCCCCCCCCCCCCc1cccc(CC(=O)O)c1I=O. The highest BCUT2D eigenvalue weighted by atomic mass is 127. The van der Waals surface area contributed by atoms with E-state index in [1.165, 1.54) is 96.3 Å². The average Bonchev–Trinajstić information content (AvgIpc) is 2.73. The van der Waals surface area contributed by atoms with Gasteiger partial charge in [0.15, 0.2) is 21.2 Å². The van der Waals surface area contributed by atoms with E-state index in [0.717, 1.165) is 27.5 Å². The summed E-state index contributed by atoms with van der Waals surface area (Å²) >= 11 is -1.33. The molecule has 0 fully saturated rings. The lowest BCUT2D eigenvalue weighted by molar-refractivity contribution is -0.136. The molecule has 0 aromatic heterocycles. The van der Waals surface area contributed by atoms with Gasteiger partial charge < -0.3 is 5.11 Å². The lowest BCUT2D eigenvalue weighted by Gasteiger charge is -2.08. The lowest BCUT2D eigenvalue weighted by Crippen LogP contribution is -2.04. The minimum absolute atomic E-state index is 0.0237. The van der Waals surface area contributed by atoms with Crippen LogP contribution in [0.5, 0.6) is 0 Å². The van der Waals surface area contributed by atoms with Crippen molar-refractivity contribution >= 4 is 27.2 Å². The molecule has 0 amide bonds. The zero-order valence-corrected chi connectivity index (χ0v) is 21.3. The van der Waals surface area contributed by atoms with Crippen molar-refractivity contribution in [2.45, 2.75) is 122 Å². The van der Waals surface area contributed by atoms with E-state index in [-0.39, 0.29) is 6.42 Å². The van der Waals surface area contributed by atoms with Crippen LogP contribution >= 0.6 is 21.2 Å². The zero-order valence-electron chi connectivity index (χ0n) is 19.1. The largest absolute Gasteiger partial charge is 0.481 e. The minimum atomic E-state index is -1.33. The number of carboxylic acid groups (broad SMARTS) is 1. The second-order valence-electron chi connectivity index (χ2n) is 8.59. The molecule has 172 valence electrons. The van der Waals surface area contributed by atoms with Crippen molar-refractivity contribution in [2.24, 2.45) is 0 Å². The molecule has 30 heavy (non-hydrogen) atoms. The number of halogens is 1. The van der Waals surface area contributed by atoms with Gasteiger partial charge in [-0.3, -0.25) is 7.86 Å². The molecule has 4 heteroatoms. The highest BCUT2D eigenvalue weighted by molar-refractivity contribution is 14.1. The van der Waals surface area contributed by atoms with Crippen LogP contribution < -0.4 is 0 Å². The molecule has 0 atom stereocenters. The Bertz CT molecular complexity index is 586. The third kappa shape index (κ3) is 13.5. The first kappa shape index (κ1) is 27.3. The molecule has 0 saturated heterocycles. The Labute approximate surface area is 195 Å². The first-order valence-electron chi connectivity index (χ1n) is 12.3. The summed E-state index contributed by atoms with van der Waals surface area (Å²) in [5.74, 6) is -0.853. The van der Waals surface area contributed by atoms with Crippen LogP contribution in [-0.4, -0.2) is 11.1 Å². The van der Waals surface area contributed by atoms with Crippen molar-refractivity contribution in [2.75, 3.05) is 0 Å². The maximum absolute atomic E-state index is 11.6. The lowest BCUT2D eigenvalue weighted by atomic mass is 10.0. The van der Waals surface area contributed by atoms with Crippen LogP contribution in [0.15, 0.2) is 18.2 Å². The van der Waals surface area contributed by atoms with E-state index < -0.39 is 27.2 Å². The van der Waals surface area contributed by atoms with Gasteiger partial charge in [-0.05, 0) is 24.0 Å². The van der Waals surface area contributed by atoms with E-state index in [4.69, 9.17) is 5.11 Å². The van der Waals surface area contributed by atoms with E-state index in [2.05, 4.69) is 6.92 Å². The topological polar surface area (TPSA) is 54.4 Å². The Balaban J connectivity index is 1.99. The van der Waals surface area contributed by atoms with Crippen LogP contribution in [0.4, 0.5) is 0 Å². The number of benzene rings is 1. The number of carbonyl (C=O) groups is 1. The normalized spacial score (nSPS) is 11.1. The molecule has 0 spiro atoms. The van der Waals surface area contributed by atoms with Crippen LogP contribution in [0, 0.1) is 3.57 Å². The maximum Gasteiger partial charge on any atom is 0.307 e. The van der Waals surface area contributed by atoms with Crippen LogP contribution in [0.2, 0.25) is 0 Å². The van der Waals surface area contributed by atoms with Gasteiger partial charge in [-0.15, -0.1) is 0 Å². The van der Waals surface area contributed by atoms with Crippen LogP contribution in [-0.2, 0) is 20.7 Å². The second-order valence-corrected chi connectivity index (χ2v) is 10.1. The van der Waals surface area contributed by atoms with Crippen molar-refractivity contribution < 1.29 is 13.0 Å². The Morgan fingerprint density at radius 2 is 1.17 bits per heavy atom. The average molecular weight is 531 g/mol. The highest BCUT2D eigenvalue weighted by Crippen LogP contribution is 2.24. The molecule has 1 N–H and O–H groups in total. The highest BCUT2D eigenvalue weighted by Gasteiger charge is 2.11. The molecule has 0 aliphatic rings. The monoisotopic (exact) mass is 530 g/mol. The first-order valence-corrected chi connectivity index (χ1v) is 14.2. The molecule has 0 heterocycles. The van der Waals surface area contributed by atoms with E-state index >= 15 is 0 Å². The molecule has 0 bridgehead atoms. The Kier molecular flexibility index (Phi) is 17.2. The van der Waals surface area contributed by atoms with E-state index in [1.54, 1.807) is 6.07 Å². The summed E-state index contributed by atoms with van der Waals surface area (Å²) in [7, 11) is 0. The minimum Gasteiger partial charge on any atom is -0.481 e. The molecule has 0 aliphatic heterocycles. The number of carboxylic acids is 1. The Morgan fingerprint density at radius 1 is 0.733 bits per heavy atom. The summed E-state index contributed by atoms with van der Waals surface area (Å²) in [6.07, 6.45) is 22.6. The molecule has 1 aromatic carbocycles. The molecule has 0 saturated carbocycles. The number of aliphatic carboxylic acids is 1. The van der Waals surface area contributed by atoms with Gasteiger partial charge in [0.25, 0.3) is 0 Å². The fourth-order valence-electron chi connectivity index (χ4n) is 4.09. The van der Waals surface area contributed by atoms with Crippen molar-refractivity contribution in [3.05, 3.63) is 32.9 Å². The van der Waals surface area contributed by atoms with Gasteiger partial charge >= 0.3 is 5.97 Å². The molecule has 3 nitrogen and oxygen atoms in total. The molecular weight excluding hydrogens is 487 g/mol. The number of rotatable bonds is 20. The van der Waals surface area contributed by atoms with Gasteiger partial charge in [-0.1, -0.05) is 121 Å². The fraction of sp³-hybridized carbons (Fsp3) is 0.731. The van der Waals surface area contributed by atoms with Gasteiger partial charge in [0.05, 0.1) is 9.99 Å². The first-order chi connectivity index (χ1) is 14.7. The Hall–Kier alpha value is -0.780. The number of unbranched alkanes of at least 4 members (excludes halogenated alkanes) is 15. The third-order valence-electron chi connectivity index (χ3n) is 5.88. The zero-order chi connectivity index (χ0) is 21.9. The molecule has 0 radical (unpaired) electrons. The predicted molar refractivity (Wildman–Crippen MR) is 134 cm³/mol. The van der Waals surface area contributed by atoms with Gasteiger partial charge in [-0.2, -0.15) is 0 Å². The van der Waals surface area contributed by atoms with Gasteiger partial charge in [0.1, 0.15) is 0 Å². The van der Waals surface area contributed by atoms with Crippen LogP contribution in [0.3, 0.4) is 0 Å². The van der Waals surface area contributed by atoms with Gasteiger partial charge in [0.2, 0.25) is 0 Å². The number of aryl methyl sites for hydroxylation is 1. The fourth-order valence-corrected chi connectivity index (χ4v) is 5.47. The molecule has 1 rings (SSSR count).